The van der Waals surface area contributed by atoms with Gasteiger partial charge in [0.2, 0.25) is 0 Å². The Kier molecular flexibility index (Phi) is 14.7. The van der Waals surface area contributed by atoms with Gasteiger partial charge in [0, 0.05) is 19.3 Å². The van der Waals surface area contributed by atoms with Crippen LogP contribution in [0, 0.1) is 17.3 Å². The van der Waals surface area contributed by atoms with Crippen LogP contribution < -0.4 is 0 Å². The molecule has 0 aromatic carbocycles. The van der Waals surface area contributed by atoms with E-state index < -0.39 is 0 Å². The highest BCUT2D eigenvalue weighted by molar-refractivity contribution is 5.78. The van der Waals surface area contributed by atoms with Crippen LogP contribution in [0.3, 0.4) is 0 Å². The first kappa shape index (κ1) is 25.8. The van der Waals surface area contributed by atoms with E-state index in [1.807, 2.05) is 13.0 Å². The van der Waals surface area contributed by atoms with Crippen LogP contribution >= 0.6 is 0 Å². The van der Waals surface area contributed by atoms with Crippen molar-refractivity contribution in [1.82, 2.24) is 0 Å². The summed E-state index contributed by atoms with van der Waals surface area (Å²) < 4.78 is 5.21. The number of esters is 1. The summed E-state index contributed by atoms with van der Waals surface area (Å²) in [5.41, 5.74) is -0.375. The Balaban J connectivity index is 1.84. The van der Waals surface area contributed by atoms with Crippen LogP contribution in [0.15, 0.2) is 12.7 Å². The quantitative estimate of drug-likeness (QED) is 0.126. The maximum Gasteiger partial charge on any atom is 0.312 e. The van der Waals surface area contributed by atoms with Gasteiger partial charge in [-0.25, -0.2) is 0 Å². The fraction of sp³-hybridized carbons (Fsp3) is 0.808. The minimum absolute atomic E-state index is 0.0522. The molecule has 1 aliphatic heterocycles. The summed E-state index contributed by atoms with van der Waals surface area (Å²) in [5.74, 6) is 6.53. The van der Waals surface area contributed by atoms with Crippen LogP contribution in [-0.4, -0.2) is 23.8 Å². The molecule has 1 N–H and O–H groups in total. The molecule has 0 aromatic rings. The van der Waals surface area contributed by atoms with Gasteiger partial charge >= 0.3 is 5.97 Å². The van der Waals surface area contributed by atoms with E-state index in [1.165, 1.54) is 70.6 Å². The minimum Gasteiger partial charge on any atom is -0.459 e. The second-order valence-corrected chi connectivity index (χ2v) is 8.90. The monoisotopic (exact) mass is 404 g/mol. The van der Waals surface area contributed by atoms with Crippen molar-refractivity contribution in [2.45, 2.75) is 122 Å². The van der Waals surface area contributed by atoms with Gasteiger partial charge in [0.05, 0.1) is 12.0 Å². The van der Waals surface area contributed by atoms with Crippen LogP contribution in [-0.2, 0) is 9.53 Å². The third-order valence-electron chi connectivity index (χ3n) is 6.01. The molecule has 1 saturated heterocycles. The van der Waals surface area contributed by atoms with Crippen molar-refractivity contribution in [3.05, 3.63) is 12.7 Å². The van der Waals surface area contributed by atoms with Gasteiger partial charge in [0.15, 0.2) is 0 Å². The Hall–Kier alpha value is -1.27. The predicted molar refractivity (Wildman–Crippen MR) is 122 cm³/mol. The molecule has 0 aliphatic carbocycles. The molecule has 0 saturated carbocycles. The molecule has 3 nitrogen and oxygen atoms in total. The van der Waals surface area contributed by atoms with Crippen LogP contribution in [0.25, 0.3) is 0 Å². The maximum atomic E-state index is 11.9. The number of ether oxygens (including phenoxy) is 1. The van der Waals surface area contributed by atoms with Crippen LogP contribution in [0.5, 0.6) is 0 Å². The third kappa shape index (κ3) is 12.1. The molecule has 0 bridgehead atoms. The Morgan fingerprint density at radius 2 is 1.48 bits per heavy atom. The van der Waals surface area contributed by atoms with E-state index in [0.717, 1.165) is 32.1 Å². The van der Waals surface area contributed by atoms with Crippen molar-refractivity contribution in [2.24, 2.45) is 5.41 Å². The van der Waals surface area contributed by atoms with Crippen molar-refractivity contribution >= 4 is 5.97 Å². The molecule has 3 heteroatoms. The molecule has 29 heavy (non-hydrogen) atoms. The lowest BCUT2D eigenvalue weighted by atomic mass is 9.82. The Labute approximate surface area is 179 Å². The highest BCUT2D eigenvalue weighted by Crippen LogP contribution is 2.38. The Morgan fingerprint density at radius 1 is 0.966 bits per heavy atom. The normalized spacial score (nSPS) is 20.9. The molecule has 1 heterocycles. The maximum absolute atomic E-state index is 11.9. The zero-order chi connectivity index (χ0) is 21.2. The number of carbonyl (C=O) groups is 1. The van der Waals surface area contributed by atoms with E-state index in [2.05, 4.69) is 18.4 Å². The zero-order valence-corrected chi connectivity index (χ0v) is 18.9. The lowest BCUT2D eigenvalue weighted by Crippen LogP contribution is -2.22. The van der Waals surface area contributed by atoms with Gasteiger partial charge in [-0.2, -0.15) is 0 Å². The number of hydrogen-bond acceptors (Lipinski definition) is 3. The number of rotatable bonds is 17. The largest absolute Gasteiger partial charge is 0.459 e. The van der Waals surface area contributed by atoms with Crippen LogP contribution in [0.2, 0.25) is 0 Å². The summed E-state index contributed by atoms with van der Waals surface area (Å²) in [6, 6.07) is 0. The molecule has 0 spiro atoms. The first-order chi connectivity index (χ1) is 14.1. The van der Waals surface area contributed by atoms with Crippen molar-refractivity contribution in [3.63, 3.8) is 0 Å². The lowest BCUT2D eigenvalue weighted by Gasteiger charge is -2.18. The third-order valence-corrected chi connectivity index (χ3v) is 6.01. The smallest absolute Gasteiger partial charge is 0.312 e. The molecule has 0 radical (unpaired) electrons. The van der Waals surface area contributed by atoms with Crippen LogP contribution in [0.1, 0.15) is 116 Å². The number of aliphatic hydroxyl groups excluding tert-OH is 1. The summed E-state index contributed by atoms with van der Waals surface area (Å²) in [4.78, 5) is 11.9. The average Bonchev–Trinajstić information content (AvgIpc) is 3.01. The SMILES string of the molecule is C=CCCCCCCC#CCCCCCCCCCC[C@]1(C)C[C@@H](CO)OC1=O. The average molecular weight is 405 g/mol. The van der Waals surface area contributed by atoms with Gasteiger partial charge in [-0.1, -0.05) is 63.9 Å². The van der Waals surface area contributed by atoms with Crippen molar-refractivity contribution in [1.29, 1.82) is 0 Å². The number of carbonyl (C=O) groups excluding carboxylic acids is 1. The van der Waals surface area contributed by atoms with Gasteiger partial charge in [0.25, 0.3) is 0 Å². The van der Waals surface area contributed by atoms with E-state index in [4.69, 9.17) is 9.84 Å². The van der Waals surface area contributed by atoms with Gasteiger partial charge in [-0.15, -0.1) is 18.4 Å². The number of unbranched alkanes of at least 4 members (excludes halogenated alkanes) is 13. The van der Waals surface area contributed by atoms with E-state index in [1.54, 1.807) is 0 Å². The topological polar surface area (TPSA) is 46.5 Å². The highest BCUT2D eigenvalue weighted by Gasteiger charge is 2.44. The number of allylic oxidation sites excluding steroid dienone is 1. The molecule has 1 fully saturated rings. The summed E-state index contributed by atoms with van der Waals surface area (Å²) in [6.07, 6.45) is 21.6. The molecular formula is C26H44O3. The molecule has 166 valence electrons. The first-order valence-corrected chi connectivity index (χ1v) is 12.0. The summed E-state index contributed by atoms with van der Waals surface area (Å²) >= 11 is 0. The molecule has 0 aromatic heterocycles. The summed E-state index contributed by atoms with van der Waals surface area (Å²) in [7, 11) is 0. The zero-order valence-electron chi connectivity index (χ0n) is 18.9. The molecule has 0 unspecified atom stereocenters. The van der Waals surface area contributed by atoms with Gasteiger partial charge in [-0.3, -0.25) is 4.79 Å². The molecular weight excluding hydrogens is 360 g/mol. The van der Waals surface area contributed by atoms with E-state index in [0.29, 0.717) is 6.42 Å². The highest BCUT2D eigenvalue weighted by atomic mass is 16.6. The molecule has 2 atom stereocenters. The fourth-order valence-electron chi connectivity index (χ4n) is 4.05. The first-order valence-electron chi connectivity index (χ1n) is 12.0. The molecule has 0 amide bonds. The van der Waals surface area contributed by atoms with E-state index >= 15 is 0 Å². The Morgan fingerprint density at radius 3 is 2.00 bits per heavy atom. The minimum atomic E-state index is -0.375. The standard InChI is InChI=1S/C26H44O3/c1-3-4-5-6-7-8-9-10-11-12-13-14-15-16-17-18-19-20-21-26(2)22-24(23-27)29-25(26)28/h3,24,27H,1,4-9,12-23H2,2H3/t24-,26+/m0/s1. The summed E-state index contributed by atoms with van der Waals surface area (Å²) in [5, 5.41) is 9.16. The van der Waals surface area contributed by atoms with Crippen molar-refractivity contribution in [2.75, 3.05) is 6.61 Å². The van der Waals surface area contributed by atoms with E-state index in [-0.39, 0.29) is 24.1 Å². The van der Waals surface area contributed by atoms with Gasteiger partial charge in [-0.05, 0) is 39.0 Å². The van der Waals surface area contributed by atoms with Gasteiger partial charge in [0.1, 0.15) is 6.10 Å². The molecule has 1 aliphatic rings. The van der Waals surface area contributed by atoms with E-state index in [9.17, 15) is 4.79 Å². The second-order valence-electron chi connectivity index (χ2n) is 8.90. The van der Waals surface area contributed by atoms with Crippen molar-refractivity contribution < 1.29 is 14.6 Å². The lowest BCUT2D eigenvalue weighted by molar-refractivity contribution is -0.149. The molecule has 1 rings (SSSR count). The Bertz CT molecular complexity index is 502. The predicted octanol–water partition coefficient (Wildman–Crippen LogP) is 6.73. The number of hydrogen-bond donors (Lipinski definition) is 1. The fourth-order valence-corrected chi connectivity index (χ4v) is 4.05. The summed E-state index contributed by atoms with van der Waals surface area (Å²) in [6.45, 7) is 5.68. The number of aliphatic hydroxyl groups is 1. The number of cyclic esters (lactones) is 1. The van der Waals surface area contributed by atoms with Crippen LogP contribution in [0.4, 0.5) is 0 Å². The van der Waals surface area contributed by atoms with Crippen molar-refractivity contribution in [3.8, 4) is 11.8 Å². The van der Waals surface area contributed by atoms with Gasteiger partial charge < -0.3 is 9.84 Å². The second kappa shape index (κ2) is 16.5.